The predicted octanol–water partition coefficient (Wildman–Crippen LogP) is 7.52. The van der Waals surface area contributed by atoms with Gasteiger partial charge in [0.15, 0.2) is 0 Å². The van der Waals surface area contributed by atoms with Crippen molar-refractivity contribution in [3.63, 3.8) is 0 Å². The van der Waals surface area contributed by atoms with E-state index < -0.39 is 0 Å². The van der Waals surface area contributed by atoms with E-state index in [-0.39, 0.29) is 0 Å². The largest absolute Gasteiger partial charge is 0.0587 e. The average molecular weight is 389 g/mol. The summed E-state index contributed by atoms with van der Waals surface area (Å²) in [6.07, 6.45) is 4.26. The van der Waals surface area contributed by atoms with Crippen molar-refractivity contribution < 1.29 is 0 Å². The van der Waals surface area contributed by atoms with Gasteiger partial charge < -0.3 is 0 Å². The molecule has 0 saturated carbocycles. The lowest BCUT2D eigenvalue weighted by atomic mass is 9.87. The third kappa shape index (κ3) is 3.83. The van der Waals surface area contributed by atoms with Crippen molar-refractivity contribution in [1.82, 2.24) is 0 Å². The zero-order valence-electron chi connectivity index (χ0n) is 17.9. The summed E-state index contributed by atoms with van der Waals surface area (Å²) in [6.45, 7) is 4.31. The third-order valence-corrected chi connectivity index (χ3v) is 6.44. The minimum Gasteiger partial charge on any atom is -0.0587 e. The van der Waals surface area contributed by atoms with Crippen molar-refractivity contribution in [2.75, 3.05) is 0 Å². The summed E-state index contributed by atoms with van der Waals surface area (Å²) in [4.78, 5) is 0. The first-order valence-electron chi connectivity index (χ1n) is 11.0. The van der Waals surface area contributed by atoms with Gasteiger partial charge in [0, 0.05) is 0 Å². The summed E-state index contributed by atoms with van der Waals surface area (Å²) in [7, 11) is 0. The van der Waals surface area contributed by atoms with Gasteiger partial charge in [0.2, 0.25) is 0 Å². The van der Waals surface area contributed by atoms with E-state index in [0.29, 0.717) is 0 Å². The van der Waals surface area contributed by atoms with E-state index in [2.05, 4.69) is 98.8 Å². The molecule has 0 aliphatic heterocycles. The molecule has 0 unspecified atom stereocenters. The molecular formula is C30H28. The van der Waals surface area contributed by atoms with Crippen LogP contribution in [0.15, 0.2) is 84.9 Å². The van der Waals surface area contributed by atoms with Gasteiger partial charge in [0.25, 0.3) is 0 Å². The highest BCUT2D eigenvalue weighted by atomic mass is 14.2. The van der Waals surface area contributed by atoms with Crippen LogP contribution in [0, 0.1) is 13.8 Å². The molecule has 4 bridgehead atoms. The Morgan fingerprint density at radius 3 is 1.23 bits per heavy atom. The van der Waals surface area contributed by atoms with Crippen molar-refractivity contribution in [3.8, 4) is 22.3 Å². The Labute approximate surface area is 180 Å². The SMILES string of the molecule is Cc1ccc(-c2cc3ccc2CCc2ccc(cc2-c2ccc(C)cc2)CC3)cc1. The second-order valence-corrected chi connectivity index (χ2v) is 8.72. The molecule has 0 heterocycles. The summed E-state index contributed by atoms with van der Waals surface area (Å²) < 4.78 is 0. The maximum Gasteiger partial charge on any atom is -0.0149 e. The van der Waals surface area contributed by atoms with Gasteiger partial charge in [-0.2, -0.15) is 0 Å². The highest BCUT2D eigenvalue weighted by Crippen LogP contribution is 2.31. The molecule has 30 heavy (non-hydrogen) atoms. The number of hydrogen-bond acceptors (Lipinski definition) is 0. The van der Waals surface area contributed by atoms with Crippen molar-refractivity contribution in [1.29, 1.82) is 0 Å². The predicted molar refractivity (Wildman–Crippen MR) is 128 cm³/mol. The Morgan fingerprint density at radius 2 is 0.833 bits per heavy atom. The Hall–Kier alpha value is -3.12. The Kier molecular flexibility index (Phi) is 5.01. The molecule has 0 aromatic heterocycles. The van der Waals surface area contributed by atoms with Gasteiger partial charge in [-0.05, 0) is 84.0 Å². The van der Waals surface area contributed by atoms with Crippen LogP contribution < -0.4 is 0 Å². The van der Waals surface area contributed by atoms with Crippen LogP contribution in [0.3, 0.4) is 0 Å². The van der Waals surface area contributed by atoms with Crippen LogP contribution in [0.4, 0.5) is 0 Å². The summed E-state index contributed by atoms with van der Waals surface area (Å²) in [5, 5.41) is 0. The molecule has 0 amide bonds. The van der Waals surface area contributed by atoms with Crippen LogP contribution in [0.25, 0.3) is 22.3 Å². The Morgan fingerprint density at radius 1 is 0.433 bits per heavy atom. The van der Waals surface area contributed by atoms with Crippen molar-refractivity contribution in [3.05, 3.63) is 118 Å². The maximum absolute atomic E-state index is 2.43. The standard InChI is InChI=1S/C30H28/c1-21-3-11-25(12-4-21)29-19-23-7-8-24-10-16-28(18-17-27(29)15-9-23)30(20-24)26-13-5-22(2)6-14-26/h3-6,9-16,19-20H,7-8,17-18H2,1-2H3. The van der Waals surface area contributed by atoms with Crippen LogP contribution in [0.1, 0.15) is 33.4 Å². The minimum atomic E-state index is 1.06. The van der Waals surface area contributed by atoms with E-state index in [4.69, 9.17) is 0 Å². The van der Waals surface area contributed by atoms with Crippen molar-refractivity contribution in [2.24, 2.45) is 0 Å². The Bertz CT molecular complexity index is 1080. The lowest BCUT2D eigenvalue weighted by Crippen LogP contribution is -2.02. The molecule has 0 atom stereocenters. The highest BCUT2D eigenvalue weighted by molar-refractivity contribution is 5.71. The molecule has 0 N–H and O–H groups in total. The van der Waals surface area contributed by atoms with E-state index in [1.807, 2.05) is 0 Å². The van der Waals surface area contributed by atoms with Crippen LogP contribution in [-0.2, 0) is 25.7 Å². The van der Waals surface area contributed by atoms with E-state index >= 15 is 0 Å². The van der Waals surface area contributed by atoms with E-state index in [0.717, 1.165) is 25.7 Å². The summed E-state index contributed by atoms with van der Waals surface area (Å²) >= 11 is 0. The van der Waals surface area contributed by atoms with Gasteiger partial charge >= 0.3 is 0 Å². The zero-order valence-corrected chi connectivity index (χ0v) is 17.9. The molecule has 0 spiro atoms. The number of aryl methyl sites for hydroxylation is 6. The lowest BCUT2D eigenvalue weighted by molar-refractivity contribution is 0.925. The summed E-state index contributed by atoms with van der Waals surface area (Å²) in [5.41, 5.74) is 13.8. The molecule has 0 radical (unpaired) electrons. The zero-order chi connectivity index (χ0) is 20.5. The summed E-state index contributed by atoms with van der Waals surface area (Å²) in [6, 6.07) is 32.2. The van der Waals surface area contributed by atoms with Gasteiger partial charge in [-0.3, -0.25) is 0 Å². The second kappa shape index (κ2) is 7.95. The van der Waals surface area contributed by atoms with E-state index in [1.54, 1.807) is 0 Å². The number of hydrogen-bond donors (Lipinski definition) is 0. The van der Waals surface area contributed by atoms with E-state index in [1.165, 1.54) is 55.6 Å². The fraction of sp³-hybridized carbons (Fsp3) is 0.200. The lowest BCUT2D eigenvalue weighted by Gasteiger charge is -2.17. The smallest absolute Gasteiger partial charge is 0.0149 e. The number of rotatable bonds is 2. The third-order valence-electron chi connectivity index (χ3n) is 6.44. The second-order valence-electron chi connectivity index (χ2n) is 8.72. The Balaban J connectivity index is 1.57. The molecule has 8 rings (SSSR count). The highest BCUT2D eigenvalue weighted by Gasteiger charge is 2.13. The molecule has 148 valence electrons. The molecule has 4 aromatic carbocycles. The molecule has 0 nitrogen and oxygen atoms in total. The fourth-order valence-electron chi connectivity index (χ4n) is 4.56. The fourth-order valence-corrected chi connectivity index (χ4v) is 4.56. The van der Waals surface area contributed by atoms with Gasteiger partial charge in [0.05, 0.1) is 0 Å². The van der Waals surface area contributed by atoms with Crippen molar-refractivity contribution >= 4 is 0 Å². The number of benzene rings is 4. The first-order valence-corrected chi connectivity index (χ1v) is 11.0. The maximum atomic E-state index is 2.43. The van der Waals surface area contributed by atoms with Gasteiger partial charge in [-0.15, -0.1) is 0 Å². The first kappa shape index (κ1) is 18.9. The molecule has 0 heteroatoms. The van der Waals surface area contributed by atoms with Crippen LogP contribution >= 0.6 is 0 Å². The van der Waals surface area contributed by atoms with Gasteiger partial charge in [0.1, 0.15) is 0 Å². The van der Waals surface area contributed by atoms with Crippen LogP contribution in [-0.4, -0.2) is 0 Å². The van der Waals surface area contributed by atoms with Crippen LogP contribution in [0.5, 0.6) is 0 Å². The van der Waals surface area contributed by atoms with Gasteiger partial charge in [-0.1, -0.05) is 96.1 Å². The average Bonchev–Trinajstić information content (AvgIpc) is 2.76. The molecule has 4 aromatic rings. The minimum absolute atomic E-state index is 1.06. The molecule has 4 aliphatic carbocycles. The van der Waals surface area contributed by atoms with Gasteiger partial charge in [-0.25, -0.2) is 0 Å². The quantitative estimate of drug-likeness (QED) is 0.333. The summed E-state index contributed by atoms with van der Waals surface area (Å²) in [5.74, 6) is 0. The molecule has 0 fully saturated rings. The van der Waals surface area contributed by atoms with Crippen LogP contribution in [0.2, 0.25) is 0 Å². The monoisotopic (exact) mass is 388 g/mol. The van der Waals surface area contributed by atoms with Crippen molar-refractivity contribution in [2.45, 2.75) is 39.5 Å². The first-order chi connectivity index (χ1) is 14.7. The normalized spacial score (nSPS) is 13.1. The molecule has 0 saturated heterocycles. The topological polar surface area (TPSA) is 0 Å². The molecular weight excluding hydrogens is 360 g/mol. The molecule has 4 aliphatic rings. The van der Waals surface area contributed by atoms with E-state index in [9.17, 15) is 0 Å².